The number of nitrogens with one attached hydrogen (secondary N) is 2. The molecule has 0 radical (unpaired) electrons. The lowest BCUT2D eigenvalue weighted by atomic mass is 10.2. The number of halogens is 1. The normalized spacial score (nSPS) is 11.4. The third-order valence-electron chi connectivity index (χ3n) is 6.02. The number of thiophene rings is 1. The number of aromatic nitrogens is 2. The fraction of sp³-hybridized carbons (Fsp3) is 0.345. The highest BCUT2D eigenvalue weighted by molar-refractivity contribution is 7.80. The molecular formula is C29H34FN5O2S2. The molecule has 0 bridgehead atoms. The van der Waals surface area contributed by atoms with E-state index in [-0.39, 0.29) is 17.8 Å². The van der Waals surface area contributed by atoms with Crippen LogP contribution < -0.4 is 15.4 Å². The fourth-order valence-electron chi connectivity index (χ4n) is 4.24. The lowest BCUT2D eigenvalue weighted by Gasteiger charge is -2.33. The molecule has 0 unspecified atom stereocenters. The highest BCUT2D eigenvalue weighted by Crippen LogP contribution is 2.39. The molecule has 7 nitrogen and oxygen atoms in total. The Bertz CT molecular complexity index is 1400. The minimum Gasteiger partial charge on any atom is -0.453 e. The molecule has 3 aromatic heterocycles. The van der Waals surface area contributed by atoms with Crippen molar-refractivity contribution >= 4 is 44.6 Å². The second-order valence-corrected chi connectivity index (χ2v) is 11.1. The Morgan fingerprint density at radius 3 is 2.51 bits per heavy atom. The van der Waals surface area contributed by atoms with E-state index >= 15 is 4.39 Å². The quantitative estimate of drug-likeness (QED) is 0.151. The third-order valence-corrected chi connectivity index (χ3v) is 7.49. The molecule has 0 saturated heterocycles. The monoisotopic (exact) mass is 567 g/mol. The van der Waals surface area contributed by atoms with Crippen molar-refractivity contribution in [3.8, 4) is 22.1 Å². The lowest BCUT2D eigenvalue weighted by molar-refractivity contribution is 0.199. The van der Waals surface area contributed by atoms with Crippen molar-refractivity contribution in [2.45, 2.75) is 46.3 Å². The van der Waals surface area contributed by atoms with Gasteiger partial charge in [-0.25, -0.2) is 4.39 Å². The van der Waals surface area contributed by atoms with Crippen LogP contribution in [0.1, 0.15) is 33.3 Å². The van der Waals surface area contributed by atoms with Gasteiger partial charge in [0.2, 0.25) is 0 Å². The average molecular weight is 568 g/mol. The van der Waals surface area contributed by atoms with Crippen LogP contribution in [0.3, 0.4) is 0 Å². The number of ether oxygens (including phenoxy) is 2. The van der Waals surface area contributed by atoms with Gasteiger partial charge in [-0.1, -0.05) is 6.07 Å². The molecule has 10 heteroatoms. The minimum atomic E-state index is -0.485. The van der Waals surface area contributed by atoms with Crippen molar-refractivity contribution < 1.29 is 13.9 Å². The summed E-state index contributed by atoms with van der Waals surface area (Å²) in [7, 11) is 1.68. The van der Waals surface area contributed by atoms with Crippen LogP contribution in [0.5, 0.6) is 11.5 Å². The van der Waals surface area contributed by atoms with Crippen LogP contribution in [0.15, 0.2) is 54.9 Å². The van der Waals surface area contributed by atoms with Crippen LogP contribution >= 0.6 is 23.6 Å². The summed E-state index contributed by atoms with van der Waals surface area (Å²) in [6.45, 7) is 10.5. The van der Waals surface area contributed by atoms with Gasteiger partial charge < -0.3 is 25.0 Å². The zero-order valence-electron chi connectivity index (χ0n) is 22.8. The van der Waals surface area contributed by atoms with Gasteiger partial charge in [0.1, 0.15) is 5.75 Å². The van der Waals surface area contributed by atoms with Crippen molar-refractivity contribution in [2.24, 2.45) is 0 Å². The standard InChI is InChI=1S/C29H34FN5O2S2/c1-18(2)35(19(3)4)29(38)34-21-7-9-25(22(30)14-21)37-26-10-11-32-24-15-27(39-28(24)26)23-8-6-20(17-33-23)16-31-12-13-36-5/h6-11,14-15,17-19,31H,12-13,16H2,1-5H3,(H,34,38). The first kappa shape index (κ1) is 28.8. The predicted molar refractivity (Wildman–Crippen MR) is 161 cm³/mol. The number of thiocarbonyl (C=S) groups is 1. The van der Waals surface area contributed by atoms with Crippen molar-refractivity contribution in [1.82, 2.24) is 20.2 Å². The van der Waals surface area contributed by atoms with Crippen molar-refractivity contribution in [3.63, 3.8) is 0 Å². The number of rotatable bonds is 11. The van der Waals surface area contributed by atoms with Gasteiger partial charge in [0, 0.05) is 62.5 Å². The Balaban J connectivity index is 1.49. The highest BCUT2D eigenvalue weighted by Gasteiger charge is 2.18. The molecule has 206 valence electrons. The summed E-state index contributed by atoms with van der Waals surface area (Å²) in [5.41, 5.74) is 3.27. The van der Waals surface area contributed by atoms with E-state index in [0.29, 0.717) is 23.2 Å². The smallest absolute Gasteiger partial charge is 0.173 e. The van der Waals surface area contributed by atoms with E-state index in [1.54, 1.807) is 31.5 Å². The van der Waals surface area contributed by atoms with Crippen LogP contribution in [-0.2, 0) is 11.3 Å². The molecule has 0 spiro atoms. The molecule has 0 aliphatic rings. The third kappa shape index (κ3) is 7.27. The minimum absolute atomic E-state index is 0.127. The summed E-state index contributed by atoms with van der Waals surface area (Å²) in [6.07, 6.45) is 3.53. The largest absolute Gasteiger partial charge is 0.453 e. The van der Waals surface area contributed by atoms with Crippen LogP contribution in [0.2, 0.25) is 0 Å². The maximum atomic E-state index is 15.1. The van der Waals surface area contributed by atoms with Gasteiger partial charge in [-0.2, -0.15) is 0 Å². The van der Waals surface area contributed by atoms with Crippen LogP contribution in [0.25, 0.3) is 20.8 Å². The van der Waals surface area contributed by atoms with Crippen molar-refractivity contribution in [2.75, 3.05) is 25.6 Å². The first-order valence-corrected chi connectivity index (χ1v) is 14.1. The molecular weight excluding hydrogens is 533 g/mol. The number of hydrogen-bond acceptors (Lipinski definition) is 7. The SMILES string of the molecule is COCCNCc1ccc(-c2cc3nccc(Oc4ccc(NC(=S)N(C(C)C)C(C)C)cc4F)c3s2)nc1. The lowest BCUT2D eigenvalue weighted by Crippen LogP contribution is -2.44. The fourth-order valence-corrected chi connectivity index (χ4v) is 5.82. The molecule has 0 saturated carbocycles. The van der Waals surface area contributed by atoms with E-state index < -0.39 is 5.82 Å². The summed E-state index contributed by atoms with van der Waals surface area (Å²) in [5.74, 6) is 0.180. The number of hydrogen-bond donors (Lipinski definition) is 2. The zero-order chi connectivity index (χ0) is 27.9. The number of fused-ring (bicyclic) bond motifs is 1. The van der Waals surface area contributed by atoms with Crippen LogP contribution in [-0.4, -0.2) is 52.3 Å². The summed E-state index contributed by atoms with van der Waals surface area (Å²) < 4.78 is 27.0. The molecule has 4 aromatic rings. The van der Waals surface area contributed by atoms with Crippen molar-refractivity contribution in [1.29, 1.82) is 0 Å². The van der Waals surface area contributed by atoms with Gasteiger partial charge in [0.25, 0.3) is 0 Å². The van der Waals surface area contributed by atoms with E-state index in [1.165, 1.54) is 17.4 Å². The van der Waals surface area contributed by atoms with Gasteiger partial charge in [-0.05, 0) is 69.7 Å². The van der Waals surface area contributed by atoms with Gasteiger partial charge in [0.15, 0.2) is 16.7 Å². The highest BCUT2D eigenvalue weighted by atomic mass is 32.1. The number of nitrogens with zero attached hydrogens (tertiary/aromatic N) is 3. The molecule has 3 heterocycles. The van der Waals surface area contributed by atoms with Crippen LogP contribution in [0.4, 0.5) is 10.1 Å². The van der Waals surface area contributed by atoms with Crippen LogP contribution in [0, 0.1) is 5.82 Å². The van der Waals surface area contributed by atoms with Gasteiger partial charge in [0.05, 0.1) is 27.4 Å². The van der Waals surface area contributed by atoms with E-state index in [4.69, 9.17) is 21.7 Å². The van der Waals surface area contributed by atoms with E-state index in [9.17, 15) is 0 Å². The number of methoxy groups -OCH3 is 1. The molecule has 0 aliphatic carbocycles. The second kappa shape index (κ2) is 13.3. The van der Waals surface area contributed by atoms with Gasteiger partial charge >= 0.3 is 0 Å². The Labute approximate surface area is 238 Å². The van der Waals surface area contributed by atoms with Crippen molar-refractivity contribution in [3.05, 3.63) is 66.2 Å². The summed E-state index contributed by atoms with van der Waals surface area (Å²) in [5, 5.41) is 7.01. The molecule has 0 amide bonds. The molecule has 1 aromatic carbocycles. The average Bonchev–Trinajstić information content (AvgIpc) is 3.33. The number of anilines is 1. The summed E-state index contributed by atoms with van der Waals surface area (Å²) >= 11 is 7.08. The maximum absolute atomic E-state index is 15.1. The molecule has 0 fully saturated rings. The molecule has 2 N–H and O–H groups in total. The number of benzene rings is 1. The topological polar surface area (TPSA) is 71.5 Å². The van der Waals surface area contributed by atoms with E-state index in [0.717, 1.165) is 39.4 Å². The molecule has 0 aliphatic heterocycles. The Kier molecular flexibility index (Phi) is 9.79. The molecule has 0 atom stereocenters. The maximum Gasteiger partial charge on any atom is 0.173 e. The molecule has 4 rings (SSSR count). The van der Waals surface area contributed by atoms with E-state index in [2.05, 4.69) is 59.3 Å². The second-order valence-electron chi connectivity index (χ2n) is 9.63. The van der Waals surface area contributed by atoms with Gasteiger partial charge in [-0.15, -0.1) is 11.3 Å². The Morgan fingerprint density at radius 1 is 1.05 bits per heavy atom. The predicted octanol–water partition coefficient (Wildman–Crippen LogP) is 6.84. The first-order valence-electron chi connectivity index (χ1n) is 12.9. The van der Waals surface area contributed by atoms with Gasteiger partial charge in [-0.3, -0.25) is 9.97 Å². The summed E-state index contributed by atoms with van der Waals surface area (Å²) in [4.78, 5) is 12.1. The zero-order valence-corrected chi connectivity index (χ0v) is 24.5. The Hall–Kier alpha value is -3.18. The molecule has 39 heavy (non-hydrogen) atoms. The van der Waals surface area contributed by atoms with E-state index in [1.807, 2.05) is 18.3 Å². The number of pyridine rings is 2. The Morgan fingerprint density at radius 2 is 1.85 bits per heavy atom. The first-order chi connectivity index (χ1) is 18.8. The summed E-state index contributed by atoms with van der Waals surface area (Å²) in [6, 6.07) is 13.0.